The fraction of sp³-hybridized carbons (Fsp3) is 0.353. The Morgan fingerprint density at radius 2 is 2.43 bits per heavy atom. The smallest absolute Gasteiger partial charge is 0.534 e. The van der Waals surface area contributed by atoms with Gasteiger partial charge >= 0.3 is 7.12 Å². The zero-order valence-corrected chi connectivity index (χ0v) is 17.6. The van der Waals surface area contributed by atoms with E-state index in [0.717, 1.165) is 22.9 Å². The van der Waals surface area contributed by atoms with Crippen LogP contribution in [-0.2, 0) is 16.1 Å². The molecule has 1 amide bonds. The molecular weight excluding hydrogens is 447 g/mol. The maximum Gasteiger partial charge on any atom is 0.547 e. The first-order chi connectivity index (χ1) is 13.5. The number of benzene rings is 1. The number of aromatic nitrogens is 1. The SMILES string of the molecule is Cc1cccc2c1OB(O)[C@@H](NC(=O)/C(=N\OCCCBr)c1csc(N)n1)C2. The molecule has 0 saturated heterocycles. The second-order valence-corrected chi connectivity index (χ2v) is 7.92. The van der Waals surface area contributed by atoms with Gasteiger partial charge in [-0.2, -0.15) is 0 Å². The van der Waals surface area contributed by atoms with Gasteiger partial charge in [0.25, 0.3) is 5.91 Å². The summed E-state index contributed by atoms with van der Waals surface area (Å²) in [6.07, 6.45) is 1.17. The number of fused-ring (bicyclic) bond motifs is 1. The molecule has 0 fully saturated rings. The number of nitrogens with zero attached hydrogens (tertiary/aromatic N) is 2. The van der Waals surface area contributed by atoms with Crippen molar-refractivity contribution in [3.05, 3.63) is 40.4 Å². The highest BCUT2D eigenvalue weighted by Gasteiger charge is 2.37. The van der Waals surface area contributed by atoms with Crippen molar-refractivity contribution in [3.8, 4) is 5.75 Å². The number of hydrogen-bond acceptors (Lipinski definition) is 8. The molecule has 2 aromatic rings. The Kier molecular flexibility index (Phi) is 6.92. The summed E-state index contributed by atoms with van der Waals surface area (Å²) in [5.41, 5.74) is 7.85. The lowest BCUT2D eigenvalue weighted by atomic mass is 9.72. The van der Waals surface area contributed by atoms with E-state index in [2.05, 4.69) is 31.4 Å². The van der Waals surface area contributed by atoms with E-state index in [0.29, 0.717) is 29.6 Å². The second kappa shape index (κ2) is 9.40. The fourth-order valence-electron chi connectivity index (χ4n) is 2.77. The van der Waals surface area contributed by atoms with Crippen molar-refractivity contribution in [3.63, 3.8) is 0 Å². The Labute approximate surface area is 175 Å². The number of halogens is 1. The number of alkyl halides is 1. The molecule has 4 N–H and O–H groups in total. The number of nitrogens with two attached hydrogens (primary N) is 1. The molecule has 1 aliphatic heterocycles. The van der Waals surface area contributed by atoms with Crippen LogP contribution < -0.4 is 15.7 Å². The van der Waals surface area contributed by atoms with E-state index in [9.17, 15) is 9.82 Å². The molecule has 0 saturated carbocycles. The van der Waals surface area contributed by atoms with Gasteiger partial charge in [-0.1, -0.05) is 39.3 Å². The maximum atomic E-state index is 12.8. The molecule has 1 aromatic carbocycles. The third-order valence-corrected chi connectivity index (χ3v) is 5.37. The van der Waals surface area contributed by atoms with Crippen molar-refractivity contribution in [2.24, 2.45) is 5.16 Å². The number of nitrogens with one attached hydrogen (secondary N) is 1. The van der Waals surface area contributed by atoms with Gasteiger partial charge in [-0.25, -0.2) is 4.98 Å². The molecule has 0 aliphatic carbocycles. The zero-order chi connectivity index (χ0) is 20.1. The first kappa shape index (κ1) is 20.6. The molecule has 0 radical (unpaired) electrons. The zero-order valence-electron chi connectivity index (χ0n) is 15.2. The second-order valence-electron chi connectivity index (χ2n) is 6.24. The number of thiazole rings is 1. The number of carbonyl (C=O) groups excluding carboxylic acids is 1. The van der Waals surface area contributed by atoms with Crippen LogP contribution in [0.5, 0.6) is 5.75 Å². The topological polar surface area (TPSA) is 119 Å². The molecule has 11 heteroatoms. The number of nitrogen functional groups attached to an aromatic ring is 1. The fourth-order valence-corrected chi connectivity index (χ4v) is 3.55. The van der Waals surface area contributed by atoms with Crippen molar-refractivity contribution in [2.75, 3.05) is 17.7 Å². The van der Waals surface area contributed by atoms with Gasteiger partial charge in [0.2, 0.25) is 0 Å². The van der Waals surface area contributed by atoms with Crippen LogP contribution in [0.1, 0.15) is 23.2 Å². The molecule has 0 bridgehead atoms. The van der Waals surface area contributed by atoms with E-state index in [-0.39, 0.29) is 5.71 Å². The Morgan fingerprint density at radius 3 is 3.14 bits per heavy atom. The van der Waals surface area contributed by atoms with Gasteiger partial charge in [-0.05, 0) is 30.9 Å². The van der Waals surface area contributed by atoms with E-state index in [1.54, 1.807) is 5.38 Å². The number of rotatable bonds is 7. The average Bonchev–Trinajstić information content (AvgIpc) is 3.09. The molecule has 1 atom stereocenters. The largest absolute Gasteiger partial charge is 0.547 e. The third kappa shape index (κ3) is 4.84. The van der Waals surface area contributed by atoms with Crippen LogP contribution in [0, 0.1) is 6.92 Å². The number of amides is 1. The Morgan fingerprint density at radius 1 is 1.61 bits per heavy atom. The number of oxime groups is 1. The van der Waals surface area contributed by atoms with E-state index < -0.39 is 19.0 Å². The molecule has 8 nitrogen and oxygen atoms in total. The van der Waals surface area contributed by atoms with Crippen LogP contribution in [0.2, 0.25) is 0 Å². The van der Waals surface area contributed by atoms with Crippen molar-refractivity contribution < 1.29 is 19.3 Å². The lowest BCUT2D eigenvalue weighted by Crippen LogP contribution is -2.54. The van der Waals surface area contributed by atoms with Crippen molar-refractivity contribution in [1.29, 1.82) is 0 Å². The van der Waals surface area contributed by atoms with Crippen molar-refractivity contribution in [1.82, 2.24) is 10.3 Å². The lowest BCUT2D eigenvalue weighted by Gasteiger charge is -2.29. The van der Waals surface area contributed by atoms with Gasteiger partial charge < -0.3 is 25.6 Å². The van der Waals surface area contributed by atoms with Crippen LogP contribution in [0.25, 0.3) is 0 Å². The molecule has 1 aliphatic rings. The van der Waals surface area contributed by atoms with Crippen LogP contribution in [0.3, 0.4) is 0 Å². The quantitative estimate of drug-likeness (QED) is 0.188. The van der Waals surface area contributed by atoms with Crippen molar-refractivity contribution >= 4 is 51.1 Å². The summed E-state index contributed by atoms with van der Waals surface area (Å²) in [7, 11) is -1.17. The third-order valence-electron chi connectivity index (χ3n) is 4.14. The molecule has 3 rings (SSSR count). The number of anilines is 1. The number of para-hydroxylation sites is 1. The van der Waals surface area contributed by atoms with Gasteiger partial charge in [0, 0.05) is 10.7 Å². The monoisotopic (exact) mass is 466 g/mol. The van der Waals surface area contributed by atoms with E-state index in [4.69, 9.17) is 15.2 Å². The van der Waals surface area contributed by atoms with Crippen LogP contribution in [0.4, 0.5) is 5.13 Å². The van der Waals surface area contributed by atoms with Gasteiger partial charge in [-0.3, -0.25) is 4.79 Å². The molecular formula is C17H20BBrN4O4S. The van der Waals surface area contributed by atoms with E-state index in [1.807, 2.05) is 25.1 Å². The van der Waals surface area contributed by atoms with Crippen LogP contribution in [-0.4, -0.2) is 46.6 Å². The normalized spacial score (nSPS) is 16.3. The van der Waals surface area contributed by atoms with Crippen LogP contribution >= 0.6 is 27.3 Å². The molecule has 2 heterocycles. The first-order valence-corrected chi connectivity index (χ1v) is 10.7. The minimum Gasteiger partial charge on any atom is -0.534 e. The summed E-state index contributed by atoms with van der Waals surface area (Å²) in [5.74, 6) is -0.502. The summed E-state index contributed by atoms with van der Waals surface area (Å²) >= 11 is 4.51. The molecule has 28 heavy (non-hydrogen) atoms. The van der Waals surface area contributed by atoms with Gasteiger partial charge in [-0.15, -0.1) is 11.3 Å². The summed E-state index contributed by atoms with van der Waals surface area (Å²) in [5, 5.41) is 19.8. The summed E-state index contributed by atoms with van der Waals surface area (Å²) in [4.78, 5) is 22.2. The minimum atomic E-state index is -1.17. The van der Waals surface area contributed by atoms with Crippen LogP contribution in [0.15, 0.2) is 28.7 Å². The molecule has 1 aromatic heterocycles. The Hall–Kier alpha value is -2.11. The van der Waals surface area contributed by atoms with Gasteiger partial charge in [0.05, 0.1) is 5.94 Å². The van der Waals surface area contributed by atoms with E-state index >= 15 is 0 Å². The summed E-state index contributed by atoms with van der Waals surface area (Å²) in [6.45, 7) is 2.26. The highest BCUT2D eigenvalue weighted by Crippen LogP contribution is 2.29. The number of hydrogen-bond donors (Lipinski definition) is 3. The van der Waals surface area contributed by atoms with Gasteiger partial charge in [0.1, 0.15) is 18.1 Å². The summed E-state index contributed by atoms with van der Waals surface area (Å²) < 4.78 is 5.61. The lowest BCUT2D eigenvalue weighted by molar-refractivity contribution is -0.115. The van der Waals surface area contributed by atoms with Crippen molar-refractivity contribution in [2.45, 2.75) is 25.7 Å². The molecule has 148 valence electrons. The minimum absolute atomic E-state index is 0.00441. The van der Waals surface area contributed by atoms with Gasteiger partial charge in [0.15, 0.2) is 10.8 Å². The Bertz CT molecular complexity index is 879. The Balaban J connectivity index is 1.76. The standard InChI is InChI=1S/C17H20BBrN4O4S/c1-10-4-2-5-11-8-13(18(25)27-15(10)11)22-16(24)14(23-26-7-3-6-19)12-9-28-17(20)21-12/h2,4-5,9,13,25H,3,6-8H2,1H3,(H2,20,21)(H,22,24)/b23-14-/t13-/m0/s1. The highest BCUT2D eigenvalue weighted by atomic mass is 79.9. The first-order valence-electron chi connectivity index (χ1n) is 8.71. The molecule has 0 spiro atoms. The maximum absolute atomic E-state index is 12.8. The predicted molar refractivity (Wildman–Crippen MR) is 113 cm³/mol. The van der Waals surface area contributed by atoms with E-state index in [1.165, 1.54) is 11.3 Å². The molecule has 0 unspecified atom stereocenters. The number of carbonyl (C=O) groups is 1. The average molecular weight is 467 g/mol. The predicted octanol–water partition coefficient (Wildman–Crippen LogP) is 1.68. The highest BCUT2D eigenvalue weighted by molar-refractivity contribution is 9.09. The number of aryl methyl sites for hydroxylation is 1. The summed E-state index contributed by atoms with van der Waals surface area (Å²) in [6, 6.07) is 5.73.